The van der Waals surface area contributed by atoms with Gasteiger partial charge >= 0.3 is 0 Å². The van der Waals surface area contributed by atoms with Crippen molar-refractivity contribution in [3.05, 3.63) is 71.8 Å². The summed E-state index contributed by atoms with van der Waals surface area (Å²) in [4.78, 5) is 6.90. The average molecular weight is 377 g/mol. The van der Waals surface area contributed by atoms with Gasteiger partial charge in [0, 0.05) is 29.9 Å². The van der Waals surface area contributed by atoms with Gasteiger partial charge in [-0.25, -0.2) is 0 Å². The van der Waals surface area contributed by atoms with Crippen molar-refractivity contribution < 1.29 is 0 Å². The standard InChI is InChI=1S/C22H24N4S/c23-21(17-7-9-20(10-8-17)26-11-3-4-12-26)15-27-16-25-19-13-18-5-1-2-6-22(18)24-14-19/h1-2,5-10,13-15,25H,3-4,11-12,16,23H2/b21-15-. The van der Waals surface area contributed by atoms with Gasteiger partial charge in [-0.1, -0.05) is 30.3 Å². The Morgan fingerprint density at radius 1 is 1.11 bits per heavy atom. The molecule has 5 heteroatoms. The monoisotopic (exact) mass is 376 g/mol. The quantitative estimate of drug-likeness (QED) is 0.474. The highest BCUT2D eigenvalue weighted by Gasteiger charge is 2.11. The molecule has 2 aromatic carbocycles. The smallest absolute Gasteiger partial charge is 0.0703 e. The van der Waals surface area contributed by atoms with Gasteiger partial charge in [-0.3, -0.25) is 4.98 Å². The lowest BCUT2D eigenvalue weighted by Gasteiger charge is -2.17. The van der Waals surface area contributed by atoms with Crippen molar-refractivity contribution in [2.45, 2.75) is 12.8 Å². The van der Waals surface area contributed by atoms with Crippen molar-refractivity contribution in [2.24, 2.45) is 5.73 Å². The molecule has 0 atom stereocenters. The molecule has 1 aliphatic heterocycles. The second kappa shape index (κ2) is 8.35. The third-order valence-corrected chi connectivity index (χ3v) is 5.56. The molecule has 0 radical (unpaired) electrons. The zero-order valence-electron chi connectivity index (χ0n) is 15.3. The van der Waals surface area contributed by atoms with Crippen LogP contribution in [0.15, 0.2) is 66.2 Å². The van der Waals surface area contributed by atoms with E-state index in [0.717, 1.165) is 46.8 Å². The van der Waals surface area contributed by atoms with E-state index in [1.165, 1.54) is 18.5 Å². The number of fused-ring (bicyclic) bond motifs is 1. The summed E-state index contributed by atoms with van der Waals surface area (Å²) in [5.74, 6) is 0.743. The van der Waals surface area contributed by atoms with Gasteiger partial charge in [0.1, 0.15) is 0 Å². The lowest BCUT2D eigenvalue weighted by Crippen LogP contribution is -2.17. The molecular formula is C22H24N4S. The van der Waals surface area contributed by atoms with Gasteiger partial charge in [0.15, 0.2) is 0 Å². The highest BCUT2D eigenvalue weighted by atomic mass is 32.2. The zero-order valence-corrected chi connectivity index (χ0v) is 16.1. The van der Waals surface area contributed by atoms with Crippen LogP contribution in [-0.4, -0.2) is 24.0 Å². The Morgan fingerprint density at radius 2 is 1.89 bits per heavy atom. The molecule has 3 aromatic rings. The molecule has 0 amide bonds. The van der Waals surface area contributed by atoms with Crippen LogP contribution in [0.25, 0.3) is 16.6 Å². The van der Waals surface area contributed by atoms with Crippen LogP contribution in [0.2, 0.25) is 0 Å². The normalized spacial score (nSPS) is 14.7. The summed E-state index contributed by atoms with van der Waals surface area (Å²) < 4.78 is 0. The Labute approximate surface area is 164 Å². The summed E-state index contributed by atoms with van der Waals surface area (Å²) in [7, 11) is 0. The Bertz CT molecular complexity index is 930. The number of nitrogens with zero attached hydrogens (tertiary/aromatic N) is 2. The van der Waals surface area contributed by atoms with Crippen LogP contribution in [0.3, 0.4) is 0 Å². The summed E-state index contributed by atoms with van der Waals surface area (Å²) in [6.07, 6.45) is 4.45. The van der Waals surface area contributed by atoms with E-state index in [1.807, 2.05) is 29.8 Å². The predicted molar refractivity (Wildman–Crippen MR) is 118 cm³/mol. The van der Waals surface area contributed by atoms with Crippen LogP contribution in [0.4, 0.5) is 11.4 Å². The molecule has 1 fully saturated rings. The van der Waals surface area contributed by atoms with Crippen molar-refractivity contribution in [1.82, 2.24) is 4.98 Å². The molecule has 0 aliphatic carbocycles. The topological polar surface area (TPSA) is 54.2 Å². The van der Waals surface area contributed by atoms with E-state index in [-0.39, 0.29) is 0 Å². The molecule has 1 saturated heterocycles. The first-order valence-corrected chi connectivity index (χ1v) is 10.4. The van der Waals surface area contributed by atoms with E-state index in [2.05, 4.69) is 51.6 Å². The molecule has 0 saturated carbocycles. The number of aromatic nitrogens is 1. The maximum absolute atomic E-state index is 6.24. The molecule has 3 N–H and O–H groups in total. The first-order valence-electron chi connectivity index (χ1n) is 9.31. The number of nitrogens with two attached hydrogens (primary N) is 1. The summed E-state index contributed by atoms with van der Waals surface area (Å²) in [5.41, 5.74) is 11.4. The second-order valence-corrected chi connectivity index (χ2v) is 7.58. The molecule has 27 heavy (non-hydrogen) atoms. The lowest BCUT2D eigenvalue weighted by molar-refractivity contribution is 0.949. The van der Waals surface area contributed by atoms with Crippen LogP contribution in [-0.2, 0) is 0 Å². The summed E-state index contributed by atoms with van der Waals surface area (Å²) in [6.45, 7) is 2.33. The van der Waals surface area contributed by atoms with Gasteiger partial charge in [0.05, 0.1) is 23.3 Å². The maximum Gasteiger partial charge on any atom is 0.0703 e. The van der Waals surface area contributed by atoms with E-state index >= 15 is 0 Å². The third-order valence-electron chi connectivity index (χ3n) is 4.83. The van der Waals surface area contributed by atoms with Gasteiger partial charge in [0.25, 0.3) is 0 Å². The van der Waals surface area contributed by atoms with Crippen molar-refractivity contribution in [3.8, 4) is 0 Å². The Balaban J connectivity index is 1.32. The number of hydrogen-bond donors (Lipinski definition) is 2. The van der Waals surface area contributed by atoms with Crippen LogP contribution in [0, 0.1) is 0 Å². The number of benzene rings is 2. The number of nitrogens with one attached hydrogen (secondary N) is 1. The molecular weight excluding hydrogens is 352 g/mol. The number of para-hydroxylation sites is 1. The molecule has 0 bridgehead atoms. The van der Waals surface area contributed by atoms with Crippen molar-refractivity contribution >= 4 is 39.7 Å². The minimum absolute atomic E-state index is 0.743. The SMILES string of the molecule is N/C(=C\SCNc1cnc2ccccc2c1)c1ccc(N2CCCC2)cc1. The van der Waals surface area contributed by atoms with Crippen molar-refractivity contribution in [2.75, 3.05) is 29.2 Å². The van der Waals surface area contributed by atoms with E-state index in [4.69, 9.17) is 5.73 Å². The highest BCUT2D eigenvalue weighted by molar-refractivity contribution is 8.02. The summed E-state index contributed by atoms with van der Waals surface area (Å²) in [5, 5.41) is 6.53. The molecule has 1 aliphatic rings. The van der Waals surface area contributed by atoms with Crippen molar-refractivity contribution in [3.63, 3.8) is 0 Å². The molecule has 138 valence electrons. The molecule has 0 spiro atoms. The van der Waals surface area contributed by atoms with Crippen molar-refractivity contribution in [1.29, 1.82) is 0 Å². The number of hydrogen-bond acceptors (Lipinski definition) is 5. The van der Waals surface area contributed by atoms with Crippen LogP contribution < -0.4 is 16.0 Å². The van der Waals surface area contributed by atoms with E-state index in [9.17, 15) is 0 Å². The largest absolute Gasteiger partial charge is 0.398 e. The van der Waals surface area contributed by atoms with Gasteiger partial charge in [0.2, 0.25) is 0 Å². The fourth-order valence-corrected chi connectivity index (χ4v) is 3.98. The predicted octanol–water partition coefficient (Wildman–Crippen LogP) is 4.89. The number of thioether (sulfide) groups is 1. The molecule has 1 aromatic heterocycles. The maximum atomic E-state index is 6.24. The molecule has 4 rings (SSSR count). The van der Waals surface area contributed by atoms with Gasteiger partial charge in [-0.2, -0.15) is 0 Å². The minimum atomic E-state index is 0.743. The fraction of sp³-hybridized carbons (Fsp3) is 0.227. The lowest BCUT2D eigenvalue weighted by atomic mass is 10.1. The highest BCUT2D eigenvalue weighted by Crippen LogP contribution is 2.23. The number of anilines is 2. The molecule has 2 heterocycles. The fourth-order valence-electron chi connectivity index (χ4n) is 3.33. The number of pyridine rings is 1. The van der Waals surface area contributed by atoms with Crippen LogP contribution in [0.5, 0.6) is 0 Å². The van der Waals surface area contributed by atoms with E-state index in [1.54, 1.807) is 11.8 Å². The molecule has 4 nitrogen and oxygen atoms in total. The average Bonchev–Trinajstić information content (AvgIpc) is 3.26. The first kappa shape index (κ1) is 17.7. The van der Waals surface area contributed by atoms with Gasteiger partial charge in [-0.15, -0.1) is 11.8 Å². The summed E-state index contributed by atoms with van der Waals surface area (Å²) in [6, 6.07) is 18.8. The zero-order chi connectivity index (χ0) is 18.5. The Kier molecular flexibility index (Phi) is 5.49. The first-order chi connectivity index (χ1) is 13.3. The van der Waals surface area contributed by atoms with Crippen LogP contribution >= 0.6 is 11.8 Å². The van der Waals surface area contributed by atoms with Gasteiger partial charge in [-0.05, 0) is 48.1 Å². The number of rotatable bonds is 6. The van der Waals surface area contributed by atoms with E-state index in [0.29, 0.717) is 0 Å². The minimum Gasteiger partial charge on any atom is -0.398 e. The Morgan fingerprint density at radius 3 is 2.70 bits per heavy atom. The third kappa shape index (κ3) is 4.37. The summed E-state index contributed by atoms with van der Waals surface area (Å²) >= 11 is 1.65. The van der Waals surface area contributed by atoms with Gasteiger partial charge < -0.3 is 16.0 Å². The van der Waals surface area contributed by atoms with Crippen LogP contribution in [0.1, 0.15) is 18.4 Å². The Hall–Kier alpha value is -2.66. The molecule has 0 unspecified atom stereocenters. The second-order valence-electron chi connectivity index (χ2n) is 6.72. The van der Waals surface area contributed by atoms with E-state index < -0.39 is 0 Å².